The lowest BCUT2D eigenvalue weighted by Gasteiger charge is -2.26. The number of hydrogen-bond donors (Lipinski definition) is 1. The highest BCUT2D eigenvalue weighted by molar-refractivity contribution is 7.80. The Morgan fingerprint density at radius 2 is 1.38 bits per heavy atom. The van der Waals surface area contributed by atoms with Crippen molar-refractivity contribution in [2.45, 2.75) is 19.6 Å². The van der Waals surface area contributed by atoms with E-state index in [4.69, 9.17) is 35.4 Å². The van der Waals surface area contributed by atoms with E-state index in [1.807, 2.05) is 66.9 Å². The van der Waals surface area contributed by atoms with Gasteiger partial charge in [-0.25, -0.2) is 0 Å². The van der Waals surface area contributed by atoms with Crippen molar-refractivity contribution in [2.24, 2.45) is 0 Å². The molecule has 4 aromatic rings. The van der Waals surface area contributed by atoms with Crippen LogP contribution in [0.1, 0.15) is 16.7 Å². The summed E-state index contributed by atoms with van der Waals surface area (Å²) in [6.07, 6.45) is 1.87. The summed E-state index contributed by atoms with van der Waals surface area (Å²) < 4.78 is 1.79. The molecule has 0 fully saturated rings. The zero-order valence-corrected chi connectivity index (χ0v) is 19.6. The van der Waals surface area contributed by atoms with Crippen molar-refractivity contribution in [3.63, 3.8) is 0 Å². The molecule has 0 bridgehead atoms. The van der Waals surface area contributed by atoms with Gasteiger partial charge in [0.25, 0.3) is 0 Å². The molecule has 4 nitrogen and oxygen atoms in total. The molecule has 0 unspecified atom stereocenters. The molecule has 4 rings (SSSR count). The van der Waals surface area contributed by atoms with Gasteiger partial charge in [0.1, 0.15) is 0 Å². The molecule has 0 aliphatic heterocycles. The number of nitrogens with zero attached hydrogens (tertiary/aromatic N) is 3. The Labute approximate surface area is 203 Å². The standard InChI is InChI=1S/C25H22Cl2N4S/c26-22-13-11-21(12-14-22)17-31-18-23(24(27)29-31)28-25(32)30(15-19-7-3-1-4-8-19)16-20-9-5-2-6-10-20/h1-14,18H,15-17H2,(H,28,32). The van der Waals surface area contributed by atoms with Gasteiger partial charge in [0, 0.05) is 18.1 Å². The summed E-state index contributed by atoms with van der Waals surface area (Å²) in [6.45, 7) is 1.94. The predicted octanol–water partition coefficient (Wildman–Crippen LogP) is 6.64. The van der Waals surface area contributed by atoms with Crippen molar-refractivity contribution in [2.75, 3.05) is 5.32 Å². The summed E-state index contributed by atoms with van der Waals surface area (Å²) in [5.41, 5.74) is 4.11. The number of hydrogen-bond acceptors (Lipinski definition) is 2. The zero-order valence-electron chi connectivity index (χ0n) is 17.3. The van der Waals surface area contributed by atoms with Crippen molar-refractivity contribution in [3.05, 3.63) is 118 Å². The minimum absolute atomic E-state index is 0.376. The molecule has 0 spiro atoms. The molecular formula is C25H22Cl2N4S. The largest absolute Gasteiger partial charge is 0.340 e. The highest BCUT2D eigenvalue weighted by atomic mass is 35.5. The number of nitrogens with one attached hydrogen (secondary N) is 1. The molecule has 0 saturated heterocycles. The number of thiocarbonyl (C=S) groups is 1. The Balaban J connectivity index is 1.49. The maximum Gasteiger partial charge on any atom is 0.174 e. The first-order valence-corrected chi connectivity index (χ1v) is 11.3. The van der Waals surface area contributed by atoms with E-state index in [-0.39, 0.29) is 0 Å². The first-order valence-electron chi connectivity index (χ1n) is 10.2. The van der Waals surface area contributed by atoms with Gasteiger partial charge in [0.2, 0.25) is 0 Å². The van der Waals surface area contributed by atoms with Crippen LogP contribution in [0.15, 0.2) is 91.1 Å². The second-order valence-corrected chi connectivity index (χ2v) is 8.60. The molecule has 7 heteroatoms. The molecule has 0 radical (unpaired) electrons. The first-order chi connectivity index (χ1) is 15.6. The second-order valence-electron chi connectivity index (χ2n) is 7.42. The van der Waals surface area contributed by atoms with Crippen LogP contribution in [0, 0.1) is 0 Å². The van der Waals surface area contributed by atoms with Crippen LogP contribution < -0.4 is 5.32 Å². The lowest BCUT2D eigenvalue weighted by Crippen LogP contribution is -2.33. The van der Waals surface area contributed by atoms with Gasteiger partial charge in [-0.05, 0) is 41.0 Å². The molecular weight excluding hydrogens is 459 g/mol. The van der Waals surface area contributed by atoms with Gasteiger partial charge in [-0.2, -0.15) is 5.10 Å². The number of aromatic nitrogens is 2. The van der Waals surface area contributed by atoms with Gasteiger partial charge in [-0.15, -0.1) is 0 Å². The van der Waals surface area contributed by atoms with E-state index in [0.29, 0.717) is 40.6 Å². The van der Waals surface area contributed by atoms with Crippen molar-refractivity contribution in [1.82, 2.24) is 14.7 Å². The third-order valence-corrected chi connectivity index (χ3v) is 5.83. The maximum absolute atomic E-state index is 6.41. The molecule has 1 N–H and O–H groups in total. The normalized spacial score (nSPS) is 10.7. The SMILES string of the molecule is S=C(Nc1cn(Cc2ccc(Cl)cc2)nc1Cl)N(Cc1ccccc1)Cc1ccccc1. The average molecular weight is 481 g/mol. The van der Waals surface area contributed by atoms with Crippen LogP contribution in [0.2, 0.25) is 10.2 Å². The molecule has 0 amide bonds. The summed E-state index contributed by atoms with van der Waals surface area (Å²) in [7, 11) is 0. The van der Waals surface area contributed by atoms with Gasteiger partial charge in [-0.1, -0.05) is 96.0 Å². The molecule has 0 aliphatic carbocycles. The molecule has 1 heterocycles. The Hall–Kier alpha value is -2.86. The Morgan fingerprint density at radius 1 is 0.812 bits per heavy atom. The fourth-order valence-electron chi connectivity index (χ4n) is 3.34. The number of anilines is 1. The third kappa shape index (κ3) is 6.10. The quantitative estimate of drug-likeness (QED) is 0.300. The monoisotopic (exact) mass is 480 g/mol. The summed E-state index contributed by atoms with van der Waals surface area (Å²) in [5.74, 6) is 0. The van der Waals surface area contributed by atoms with E-state index in [1.54, 1.807) is 4.68 Å². The van der Waals surface area contributed by atoms with Gasteiger partial charge < -0.3 is 10.2 Å². The van der Waals surface area contributed by atoms with E-state index in [1.165, 1.54) is 11.1 Å². The van der Waals surface area contributed by atoms with Crippen LogP contribution in [-0.2, 0) is 19.6 Å². The van der Waals surface area contributed by atoms with Gasteiger partial charge >= 0.3 is 0 Å². The van der Waals surface area contributed by atoms with Crippen LogP contribution in [-0.4, -0.2) is 19.8 Å². The fraction of sp³-hybridized carbons (Fsp3) is 0.120. The summed E-state index contributed by atoms with van der Waals surface area (Å²) >= 11 is 18.2. The molecule has 32 heavy (non-hydrogen) atoms. The summed E-state index contributed by atoms with van der Waals surface area (Å²) in [6, 6.07) is 28.2. The predicted molar refractivity (Wildman–Crippen MR) is 136 cm³/mol. The minimum Gasteiger partial charge on any atom is -0.340 e. The summed E-state index contributed by atoms with van der Waals surface area (Å²) in [5, 5.41) is 9.37. The Kier molecular flexibility index (Phi) is 7.43. The van der Waals surface area contributed by atoms with Gasteiger partial charge in [0.15, 0.2) is 10.3 Å². The van der Waals surface area contributed by atoms with Crippen molar-refractivity contribution < 1.29 is 0 Å². The molecule has 0 aliphatic rings. The Bertz CT molecular complexity index is 1120. The van der Waals surface area contributed by atoms with Crippen molar-refractivity contribution in [3.8, 4) is 0 Å². The molecule has 1 aromatic heterocycles. The van der Waals surface area contributed by atoms with Crippen LogP contribution >= 0.6 is 35.4 Å². The lowest BCUT2D eigenvalue weighted by atomic mass is 10.2. The average Bonchev–Trinajstić information content (AvgIpc) is 3.14. The summed E-state index contributed by atoms with van der Waals surface area (Å²) in [4.78, 5) is 2.12. The van der Waals surface area contributed by atoms with E-state index in [9.17, 15) is 0 Å². The molecule has 162 valence electrons. The second kappa shape index (κ2) is 10.6. The van der Waals surface area contributed by atoms with E-state index < -0.39 is 0 Å². The first kappa shape index (κ1) is 22.3. The lowest BCUT2D eigenvalue weighted by molar-refractivity contribution is 0.413. The van der Waals surface area contributed by atoms with Crippen LogP contribution in [0.4, 0.5) is 5.69 Å². The maximum atomic E-state index is 6.41. The van der Waals surface area contributed by atoms with E-state index in [0.717, 1.165) is 5.56 Å². The minimum atomic E-state index is 0.376. The number of halogens is 2. The van der Waals surface area contributed by atoms with Crippen LogP contribution in [0.5, 0.6) is 0 Å². The van der Waals surface area contributed by atoms with Crippen LogP contribution in [0.3, 0.4) is 0 Å². The molecule has 0 saturated carbocycles. The van der Waals surface area contributed by atoms with Crippen LogP contribution in [0.25, 0.3) is 0 Å². The highest BCUT2D eigenvalue weighted by Gasteiger charge is 2.15. The molecule has 0 atom stereocenters. The fourth-order valence-corrected chi connectivity index (χ4v) is 3.90. The third-order valence-electron chi connectivity index (χ3n) is 4.94. The van der Waals surface area contributed by atoms with Gasteiger partial charge in [-0.3, -0.25) is 4.68 Å². The highest BCUT2D eigenvalue weighted by Crippen LogP contribution is 2.22. The van der Waals surface area contributed by atoms with Crippen molar-refractivity contribution >= 4 is 46.2 Å². The van der Waals surface area contributed by atoms with E-state index in [2.05, 4.69) is 39.6 Å². The van der Waals surface area contributed by atoms with Crippen molar-refractivity contribution in [1.29, 1.82) is 0 Å². The number of benzene rings is 3. The molecule has 3 aromatic carbocycles. The topological polar surface area (TPSA) is 33.1 Å². The zero-order chi connectivity index (χ0) is 22.3. The smallest absolute Gasteiger partial charge is 0.174 e. The Morgan fingerprint density at radius 3 is 1.94 bits per heavy atom. The number of rotatable bonds is 7. The van der Waals surface area contributed by atoms with Gasteiger partial charge in [0.05, 0.1) is 18.4 Å². The van der Waals surface area contributed by atoms with E-state index >= 15 is 0 Å².